The molecule has 0 aliphatic heterocycles. The predicted molar refractivity (Wildman–Crippen MR) is 57.2 cm³/mol. The molecule has 0 radical (unpaired) electrons. The van der Waals surface area contributed by atoms with Crippen LogP contribution in [0.15, 0.2) is 36.7 Å². The molecule has 70 valence electrons. The molecule has 0 saturated carbocycles. The number of hydrogen-bond donors (Lipinski definition) is 0. The van der Waals surface area contributed by atoms with Crippen LogP contribution in [-0.4, -0.2) is 9.97 Å². The van der Waals surface area contributed by atoms with Gasteiger partial charge in [0.25, 0.3) is 0 Å². The van der Waals surface area contributed by atoms with E-state index < -0.39 is 0 Å². The van der Waals surface area contributed by atoms with Crippen molar-refractivity contribution < 1.29 is 0 Å². The van der Waals surface area contributed by atoms with Gasteiger partial charge in [-0.1, -0.05) is 11.6 Å². The molecule has 14 heavy (non-hydrogen) atoms. The first-order chi connectivity index (χ1) is 6.75. The van der Waals surface area contributed by atoms with Gasteiger partial charge in [0, 0.05) is 28.7 Å². The second kappa shape index (κ2) is 3.76. The summed E-state index contributed by atoms with van der Waals surface area (Å²) in [6.07, 6.45) is 3.49. The maximum Gasteiger partial charge on any atom is 0.0721 e. The van der Waals surface area contributed by atoms with Crippen LogP contribution in [0.5, 0.6) is 0 Å². The molecular formula is C11H9ClN2. The summed E-state index contributed by atoms with van der Waals surface area (Å²) in [5, 5.41) is 0.712. The van der Waals surface area contributed by atoms with Gasteiger partial charge in [-0.25, -0.2) is 0 Å². The molecule has 2 aromatic rings. The highest BCUT2D eigenvalue weighted by atomic mass is 35.5. The number of rotatable bonds is 1. The van der Waals surface area contributed by atoms with Crippen molar-refractivity contribution in [2.45, 2.75) is 6.92 Å². The Morgan fingerprint density at radius 3 is 2.50 bits per heavy atom. The highest BCUT2D eigenvalue weighted by Gasteiger charge is 2.00. The van der Waals surface area contributed by atoms with E-state index in [-0.39, 0.29) is 0 Å². The minimum absolute atomic E-state index is 0.712. The zero-order chi connectivity index (χ0) is 9.97. The van der Waals surface area contributed by atoms with Crippen LogP contribution in [0.2, 0.25) is 5.02 Å². The quantitative estimate of drug-likeness (QED) is 0.714. The third kappa shape index (κ3) is 1.91. The monoisotopic (exact) mass is 204 g/mol. The number of pyridine rings is 2. The molecule has 0 aromatic carbocycles. The molecule has 0 amide bonds. The number of hydrogen-bond acceptors (Lipinski definition) is 2. The third-order valence-corrected chi connectivity index (χ3v) is 2.11. The van der Waals surface area contributed by atoms with Crippen LogP contribution in [0.1, 0.15) is 5.69 Å². The Kier molecular flexibility index (Phi) is 2.46. The Hall–Kier alpha value is -1.41. The van der Waals surface area contributed by atoms with Crippen LogP contribution in [0.4, 0.5) is 0 Å². The molecule has 3 heteroatoms. The first-order valence-electron chi connectivity index (χ1n) is 4.30. The normalized spacial score (nSPS) is 10.1. The van der Waals surface area contributed by atoms with Crippen molar-refractivity contribution in [1.82, 2.24) is 9.97 Å². The summed E-state index contributed by atoms with van der Waals surface area (Å²) in [7, 11) is 0. The van der Waals surface area contributed by atoms with Gasteiger partial charge in [0.2, 0.25) is 0 Å². The summed E-state index contributed by atoms with van der Waals surface area (Å²) in [6.45, 7) is 1.93. The van der Waals surface area contributed by atoms with Crippen molar-refractivity contribution in [2.75, 3.05) is 0 Å². The van der Waals surface area contributed by atoms with E-state index in [1.54, 1.807) is 12.4 Å². The van der Waals surface area contributed by atoms with Gasteiger partial charge in [0.1, 0.15) is 0 Å². The third-order valence-electron chi connectivity index (χ3n) is 1.89. The van der Waals surface area contributed by atoms with Crippen molar-refractivity contribution in [2.24, 2.45) is 0 Å². The maximum atomic E-state index is 5.94. The summed E-state index contributed by atoms with van der Waals surface area (Å²) >= 11 is 5.94. The molecular weight excluding hydrogens is 196 g/mol. The molecule has 0 bridgehead atoms. The smallest absolute Gasteiger partial charge is 0.0721 e. The molecule has 0 spiro atoms. The van der Waals surface area contributed by atoms with E-state index >= 15 is 0 Å². The minimum Gasteiger partial charge on any atom is -0.265 e. The molecule has 2 rings (SSSR count). The lowest BCUT2D eigenvalue weighted by Gasteiger charge is -2.02. The van der Waals surface area contributed by atoms with Gasteiger partial charge in [-0.3, -0.25) is 9.97 Å². The van der Waals surface area contributed by atoms with Crippen molar-refractivity contribution in [1.29, 1.82) is 0 Å². The SMILES string of the molecule is Cc1cc(Cl)cc(-c2ccncc2)n1. The Morgan fingerprint density at radius 2 is 1.86 bits per heavy atom. The maximum absolute atomic E-state index is 5.94. The number of aryl methyl sites for hydroxylation is 1. The highest BCUT2D eigenvalue weighted by Crippen LogP contribution is 2.20. The topological polar surface area (TPSA) is 25.8 Å². The fourth-order valence-corrected chi connectivity index (χ4v) is 1.56. The summed E-state index contributed by atoms with van der Waals surface area (Å²) in [6, 6.07) is 7.52. The summed E-state index contributed by atoms with van der Waals surface area (Å²) < 4.78 is 0. The van der Waals surface area contributed by atoms with Gasteiger partial charge in [0.15, 0.2) is 0 Å². The average molecular weight is 205 g/mol. The molecule has 0 fully saturated rings. The summed E-state index contributed by atoms with van der Waals surface area (Å²) in [5.41, 5.74) is 2.84. The average Bonchev–Trinajstić information content (AvgIpc) is 2.18. The fraction of sp³-hybridized carbons (Fsp3) is 0.0909. The van der Waals surface area contributed by atoms with Gasteiger partial charge in [0.05, 0.1) is 5.69 Å². The molecule has 2 heterocycles. The van der Waals surface area contributed by atoms with Gasteiger partial charge in [-0.2, -0.15) is 0 Å². The molecule has 0 aliphatic carbocycles. The van der Waals surface area contributed by atoms with E-state index in [4.69, 9.17) is 11.6 Å². The standard InChI is InChI=1S/C11H9ClN2/c1-8-6-10(12)7-11(14-8)9-2-4-13-5-3-9/h2-7H,1H3. The van der Waals surface area contributed by atoms with Crippen molar-refractivity contribution in [3.63, 3.8) is 0 Å². The van der Waals surface area contributed by atoms with Crippen LogP contribution in [0, 0.1) is 6.92 Å². The lowest BCUT2D eigenvalue weighted by Crippen LogP contribution is -1.87. The molecule has 0 atom stereocenters. The van der Waals surface area contributed by atoms with Gasteiger partial charge in [-0.15, -0.1) is 0 Å². The molecule has 0 saturated heterocycles. The Morgan fingerprint density at radius 1 is 1.14 bits per heavy atom. The van der Waals surface area contributed by atoms with Crippen molar-refractivity contribution >= 4 is 11.6 Å². The van der Waals surface area contributed by atoms with Crippen LogP contribution < -0.4 is 0 Å². The van der Waals surface area contributed by atoms with E-state index in [0.717, 1.165) is 17.0 Å². The Labute approximate surface area is 87.6 Å². The van der Waals surface area contributed by atoms with E-state index in [0.29, 0.717) is 5.02 Å². The lowest BCUT2D eigenvalue weighted by molar-refractivity contribution is 1.20. The van der Waals surface area contributed by atoms with E-state index in [9.17, 15) is 0 Å². The van der Waals surface area contributed by atoms with Crippen LogP contribution in [-0.2, 0) is 0 Å². The molecule has 2 aromatic heterocycles. The zero-order valence-corrected chi connectivity index (χ0v) is 8.49. The largest absolute Gasteiger partial charge is 0.265 e. The second-order valence-electron chi connectivity index (χ2n) is 3.05. The van der Waals surface area contributed by atoms with Crippen LogP contribution >= 0.6 is 11.6 Å². The van der Waals surface area contributed by atoms with Crippen LogP contribution in [0.25, 0.3) is 11.3 Å². The molecule has 2 nitrogen and oxygen atoms in total. The van der Waals surface area contributed by atoms with Crippen LogP contribution in [0.3, 0.4) is 0 Å². The van der Waals surface area contributed by atoms with Gasteiger partial charge in [-0.05, 0) is 31.2 Å². The van der Waals surface area contributed by atoms with Gasteiger partial charge < -0.3 is 0 Å². The second-order valence-corrected chi connectivity index (χ2v) is 3.48. The fourth-order valence-electron chi connectivity index (χ4n) is 1.30. The predicted octanol–water partition coefficient (Wildman–Crippen LogP) is 3.11. The van der Waals surface area contributed by atoms with E-state index in [2.05, 4.69) is 9.97 Å². The van der Waals surface area contributed by atoms with E-state index in [1.165, 1.54) is 0 Å². The number of nitrogens with zero attached hydrogens (tertiary/aromatic N) is 2. The zero-order valence-electron chi connectivity index (χ0n) is 7.74. The summed E-state index contributed by atoms with van der Waals surface area (Å²) in [4.78, 5) is 8.35. The Bertz CT molecular complexity index is 420. The molecule has 0 N–H and O–H groups in total. The highest BCUT2D eigenvalue weighted by molar-refractivity contribution is 6.30. The number of halogens is 1. The van der Waals surface area contributed by atoms with Crippen molar-refractivity contribution in [3.05, 3.63) is 47.4 Å². The van der Waals surface area contributed by atoms with Gasteiger partial charge >= 0.3 is 0 Å². The van der Waals surface area contributed by atoms with E-state index in [1.807, 2.05) is 31.2 Å². The minimum atomic E-state index is 0.712. The Balaban J connectivity index is 2.52. The number of aromatic nitrogens is 2. The lowest BCUT2D eigenvalue weighted by atomic mass is 10.2. The molecule has 0 aliphatic rings. The molecule has 0 unspecified atom stereocenters. The first kappa shape index (κ1) is 9.16. The first-order valence-corrected chi connectivity index (χ1v) is 4.68. The van der Waals surface area contributed by atoms with Crippen molar-refractivity contribution in [3.8, 4) is 11.3 Å². The summed E-state index contributed by atoms with van der Waals surface area (Å²) in [5.74, 6) is 0.